The Kier molecular flexibility index (Phi) is 4.06. The number of aromatic amines is 1. The lowest BCUT2D eigenvalue weighted by Gasteiger charge is -2.18. The highest BCUT2D eigenvalue weighted by Crippen LogP contribution is 2.36. The summed E-state index contributed by atoms with van der Waals surface area (Å²) in [4.78, 5) is 7.86. The van der Waals surface area contributed by atoms with Crippen LogP contribution in [0.25, 0.3) is 32.6 Å². The lowest BCUT2D eigenvalue weighted by molar-refractivity contribution is 0.0810. The third-order valence-electron chi connectivity index (χ3n) is 5.66. The van der Waals surface area contributed by atoms with Gasteiger partial charge in [-0.05, 0) is 60.7 Å². The quantitative estimate of drug-likeness (QED) is 0.447. The Morgan fingerprint density at radius 1 is 1.07 bits per heavy atom. The SMILES string of the molecule is CC(C)(O)Cc1ccc2c(c1)c1cc(OCCC3CC3)ccc1c1nc[nH]c21. The van der Waals surface area contributed by atoms with Crippen molar-refractivity contribution in [1.82, 2.24) is 9.97 Å². The molecule has 144 valence electrons. The zero-order valence-electron chi connectivity index (χ0n) is 16.5. The molecule has 1 aliphatic carbocycles. The van der Waals surface area contributed by atoms with Gasteiger partial charge in [0.25, 0.3) is 0 Å². The van der Waals surface area contributed by atoms with E-state index in [9.17, 15) is 5.11 Å². The smallest absolute Gasteiger partial charge is 0.119 e. The molecule has 0 radical (unpaired) electrons. The first kappa shape index (κ1) is 17.5. The predicted octanol–water partition coefficient (Wildman–Crippen LogP) is 5.36. The van der Waals surface area contributed by atoms with Crippen molar-refractivity contribution in [3.63, 3.8) is 0 Å². The van der Waals surface area contributed by atoms with E-state index >= 15 is 0 Å². The average Bonchev–Trinajstić information content (AvgIpc) is 3.34. The molecule has 2 N–H and O–H groups in total. The van der Waals surface area contributed by atoms with Crippen LogP contribution in [0, 0.1) is 5.92 Å². The van der Waals surface area contributed by atoms with Crippen LogP contribution in [0.2, 0.25) is 0 Å². The highest BCUT2D eigenvalue weighted by Gasteiger charge is 2.21. The van der Waals surface area contributed by atoms with Crippen LogP contribution >= 0.6 is 0 Å². The van der Waals surface area contributed by atoms with Gasteiger partial charge in [0.1, 0.15) is 5.75 Å². The molecule has 1 aromatic heterocycles. The molecule has 0 spiro atoms. The van der Waals surface area contributed by atoms with Crippen molar-refractivity contribution in [2.45, 2.75) is 45.1 Å². The molecule has 4 aromatic rings. The van der Waals surface area contributed by atoms with Crippen LogP contribution in [0.3, 0.4) is 0 Å². The number of aliphatic hydroxyl groups is 1. The number of H-pyrrole nitrogens is 1. The van der Waals surface area contributed by atoms with Gasteiger partial charge in [0, 0.05) is 17.2 Å². The molecule has 0 unspecified atom stereocenters. The van der Waals surface area contributed by atoms with Crippen molar-refractivity contribution >= 4 is 32.6 Å². The van der Waals surface area contributed by atoms with Crippen LogP contribution in [-0.2, 0) is 6.42 Å². The van der Waals surface area contributed by atoms with Gasteiger partial charge in [0.2, 0.25) is 0 Å². The summed E-state index contributed by atoms with van der Waals surface area (Å²) in [6.07, 6.45) is 6.23. The van der Waals surface area contributed by atoms with E-state index in [2.05, 4.69) is 46.4 Å². The van der Waals surface area contributed by atoms with Crippen molar-refractivity contribution in [2.24, 2.45) is 5.92 Å². The Labute approximate surface area is 164 Å². The molecular weight excluding hydrogens is 348 g/mol. The minimum absolute atomic E-state index is 0.614. The molecule has 1 aliphatic rings. The monoisotopic (exact) mass is 374 g/mol. The van der Waals surface area contributed by atoms with Crippen molar-refractivity contribution in [3.8, 4) is 5.75 Å². The van der Waals surface area contributed by atoms with E-state index in [0.29, 0.717) is 6.42 Å². The standard InChI is InChI=1S/C24H26N2O2/c1-24(2,27)13-16-5-7-18-20(11-16)21-12-17(28-10-9-15-3-4-15)6-8-19(21)23-22(18)25-14-26-23/h5-8,11-12,14-15,27H,3-4,9-10,13H2,1-2H3,(H,25,26). The van der Waals surface area contributed by atoms with E-state index in [4.69, 9.17) is 4.74 Å². The van der Waals surface area contributed by atoms with Gasteiger partial charge in [0.05, 0.1) is 29.6 Å². The molecule has 1 saturated carbocycles. The number of rotatable bonds is 6. The molecule has 0 aliphatic heterocycles. The normalized spacial score (nSPS) is 15.0. The zero-order valence-corrected chi connectivity index (χ0v) is 16.5. The van der Waals surface area contributed by atoms with E-state index in [1.165, 1.54) is 18.2 Å². The number of aromatic nitrogens is 2. The molecule has 0 bridgehead atoms. The van der Waals surface area contributed by atoms with Crippen LogP contribution in [0.5, 0.6) is 5.75 Å². The van der Waals surface area contributed by atoms with E-state index in [0.717, 1.165) is 57.5 Å². The second-order valence-corrected chi connectivity index (χ2v) is 8.78. The van der Waals surface area contributed by atoms with E-state index in [1.54, 1.807) is 6.33 Å². The second kappa shape index (κ2) is 6.49. The van der Waals surface area contributed by atoms with E-state index in [1.807, 2.05) is 13.8 Å². The van der Waals surface area contributed by atoms with Crippen LogP contribution in [0.1, 0.15) is 38.7 Å². The summed E-state index contributed by atoms with van der Waals surface area (Å²) in [5, 5.41) is 14.8. The first-order chi connectivity index (χ1) is 13.5. The van der Waals surface area contributed by atoms with Gasteiger partial charge in [-0.3, -0.25) is 0 Å². The number of hydrogen-bond acceptors (Lipinski definition) is 3. The second-order valence-electron chi connectivity index (χ2n) is 8.78. The maximum atomic E-state index is 10.3. The summed E-state index contributed by atoms with van der Waals surface area (Å²) < 4.78 is 6.05. The number of imidazole rings is 1. The molecule has 4 heteroatoms. The largest absolute Gasteiger partial charge is 0.494 e. The number of nitrogens with zero attached hydrogens (tertiary/aromatic N) is 1. The Hall–Kier alpha value is -2.59. The third kappa shape index (κ3) is 3.33. The number of ether oxygens (including phenoxy) is 1. The Balaban J connectivity index is 1.65. The van der Waals surface area contributed by atoms with Crippen molar-refractivity contribution in [3.05, 3.63) is 48.3 Å². The molecule has 0 amide bonds. The third-order valence-corrected chi connectivity index (χ3v) is 5.66. The number of benzene rings is 3. The fraction of sp³-hybridized carbons (Fsp3) is 0.375. The molecule has 28 heavy (non-hydrogen) atoms. The summed E-state index contributed by atoms with van der Waals surface area (Å²) in [6, 6.07) is 12.7. The van der Waals surface area contributed by atoms with E-state index < -0.39 is 5.60 Å². The topological polar surface area (TPSA) is 58.1 Å². The lowest BCUT2D eigenvalue weighted by atomic mass is 9.93. The highest BCUT2D eigenvalue weighted by molar-refractivity contribution is 6.23. The van der Waals surface area contributed by atoms with Gasteiger partial charge in [-0.15, -0.1) is 0 Å². The van der Waals surface area contributed by atoms with Crippen LogP contribution in [-0.4, -0.2) is 27.3 Å². The Morgan fingerprint density at radius 3 is 2.64 bits per heavy atom. The van der Waals surface area contributed by atoms with Crippen LogP contribution in [0.15, 0.2) is 42.7 Å². The van der Waals surface area contributed by atoms with E-state index in [-0.39, 0.29) is 0 Å². The lowest BCUT2D eigenvalue weighted by Crippen LogP contribution is -2.21. The molecule has 1 heterocycles. The average molecular weight is 374 g/mol. The van der Waals surface area contributed by atoms with Gasteiger partial charge < -0.3 is 14.8 Å². The first-order valence-electron chi connectivity index (χ1n) is 10.1. The van der Waals surface area contributed by atoms with Gasteiger partial charge in [-0.2, -0.15) is 0 Å². The fourth-order valence-corrected chi connectivity index (χ4v) is 4.14. The Morgan fingerprint density at radius 2 is 1.86 bits per heavy atom. The number of hydrogen-bond donors (Lipinski definition) is 2. The molecule has 5 rings (SSSR count). The summed E-state index contributed by atoms with van der Waals surface area (Å²) in [5.41, 5.74) is 2.43. The maximum Gasteiger partial charge on any atom is 0.119 e. The summed E-state index contributed by atoms with van der Waals surface area (Å²) in [6.45, 7) is 4.47. The van der Waals surface area contributed by atoms with Crippen molar-refractivity contribution < 1.29 is 9.84 Å². The molecule has 4 nitrogen and oxygen atoms in total. The zero-order chi connectivity index (χ0) is 19.3. The van der Waals surface area contributed by atoms with Crippen molar-refractivity contribution in [1.29, 1.82) is 0 Å². The molecule has 0 atom stereocenters. The minimum Gasteiger partial charge on any atom is -0.494 e. The van der Waals surface area contributed by atoms with Crippen molar-refractivity contribution in [2.75, 3.05) is 6.61 Å². The first-order valence-corrected chi connectivity index (χ1v) is 10.1. The van der Waals surface area contributed by atoms with Crippen LogP contribution in [0.4, 0.5) is 0 Å². The highest BCUT2D eigenvalue weighted by atomic mass is 16.5. The number of nitrogens with one attached hydrogen (secondary N) is 1. The molecule has 3 aromatic carbocycles. The summed E-state index contributed by atoms with van der Waals surface area (Å²) >= 11 is 0. The van der Waals surface area contributed by atoms with Gasteiger partial charge >= 0.3 is 0 Å². The maximum absolute atomic E-state index is 10.3. The molecule has 1 fully saturated rings. The van der Waals surface area contributed by atoms with Crippen LogP contribution < -0.4 is 4.74 Å². The van der Waals surface area contributed by atoms with Gasteiger partial charge in [0.15, 0.2) is 0 Å². The van der Waals surface area contributed by atoms with Gasteiger partial charge in [-0.25, -0.2) is 4.98 Å². The fourth-order valence-electron chi connectivity index (χ4n) is 4.14. The predicted molar refractivity (Wildman–Crippen MR) is 114 cm³/mol. The number of fused-ring (bicyclic) bond motifs is 6. The summed E-state index contributed by atoms with van der Waals surface area (Å²) in [5.74, 6) is 1.78. The molecular formula is C24H26N2O2. The minimum atomic E-state index is -0.737. The summed E-state index contributed by atoms with van der Waals surface area (Å²) in [7, 11) is 0. The Bertz CT molecular complexity index is 1170. The molecule has 0 saturated heterocycles. The van der Waals surface area contributed by atoms with Gasteiger partial charge in [-0.1, -0.05) is 31.0 Å².